The molecule has 0 saturated carbocycles. The number of aromatic amines is 1. The minimum Gasteiger partial charge on any atom is -0.504 e. The summed E-state index contributed by atoms with van der Waals surface area (Å²) in [4.78, 5) is 52.7. The second-order valence-corrected chi connectivity index (χ2v) is 7.76. The molecule has 0 saturated heterocycles. The minimum atomic E-state index is -1.33. The van der Waals surface area contributed by atoms with Crippen LogP contribution in [0.2, 0.25) is 0 Å². The van der Waals surface area contributed by atoms with Crippen molar-refractivity contribution in [1.29, 1.82) is 0 Å². The van der Waals surface area contributed by atoms with Crippen LogP contribution in [0, 0.1) is 0 Å². The van der Waals surface area contributed by atoms with Gasteiger partial charge in [0.15, 0.2) is 28.4 Å². The zero-order chi connectivity index (χ0) is 26.3. The van der Waals surface area contributed by atoms with Crippen LogP contribution in [0.1, 0.15) is 16.8 Å². The Morgan fingerprint density at radius 3 is 2.39 bits per heavy atom. The maximum Gasteiger partial charge on any atom is 0.342 e. The lowest BCUT2D eigenvalue weighted by Gasteiger charge is -2.12. The molecule has 0 aliphatic rings. The molecule has 0 radical (unpaired) electrons. The van der Waals surface area contributed by atoms with Gasteiger partial charge in [-0.05, 0) is 6.07 Å². The number of carbonyl (C=O) groups excluding carboxylic acids is 1. The largest absolute Gasteiger partial charge is 0.504 e. The van der Waals surface area contributed by atoms with E-state index in [0.29, 0.717) is 0 Å². The molecule has 13 heteroatoms. The van der Waals surface area contributed by atoms with Crippen LogP contribution >= 0.6 is 0 Å². The lowest BCUT2D eigenvalue weighted by molar-refractivity contribution is -0.138. The van der Waals surface area contributed by atoms with Crippen LogP contribution in [0.15, 0.2) is 44.7 Å². The van der Waals surface area contributed by atoms with Crippen LogP contribution in [-0.2, 0) is 9.53 Å². The molecule has 0 amide bonds. The van der Waals surface area contributed by atoms with Gasteiger partial charge in [-0.1, -0.05) is 0 Å². The number of aliphatic carboxylic acids is 1. The Kier molecular flexibility index (Phi) is 6.00. The van der Waals surface area contributed by atoms with E-state index in [1.54, 1.807) is 0 Å². The second-order valence-electron chi connectivity index (χ2n) is 7.76. The van der Waals surface area contributed by atoms with Gasteiger partial charge in [0.2, 0.25) is 5.43 Å². The Hall–Kier alpha value is -5.04. The summed E-state index contributed by atoms with van der Waals surface area (Å²) < 4.78 is 10.3. The molecular weight excluding hydrogens is 480 g/mol. The van der Waals surface area contributed by atoms with E-state index in [4.69, 9.17) is 20.0 Å². The first-order valence-electron chi connectivity index (χ1n) is 10.2. The monoisotopic (exact) mass is 498 g/mol. The number of carboxylic acid groups (broad SMARTS) is 1. The van der Waals surface area contributed by atoms with Gasteiger partial charge in [-0.2, -0.15) is 0 Å². The molecule has 0 fully saturated rings. The second kappa shape index (κ2) is 8.96. The number of rotatable bonds is 6. The highest BCUT2D eigenvalue weighted by Gasteiger charge is 2.26. The van der Waals surface area contributed by atoms with Gasteiger partial charge in [0.05, 0.1) is 34.0 Å². The van der Waals surface area contributed by atoms with E-state index in [9.17, 15) is 39.6 Å². The third-order valence-corrected chi connectivity index (χ3v) is 5.47. The number of pyridine rings is 1. The highest BCUT2D eigenvalue weighted by atomic mass is 16.5. The number of hydrogen-bond donors (Lipinski definition) is 7. The average molecular weight is 498 g/mol. The van der Waals surface area contributed by atoms with Gasteiger partial charge in [0.1, 0.15) is 23.5 Å². The Morgan fingerprint density at radius 2 is 1.69 bits per heavy atom. The molecule has 0 aliphatic carbocycles. The van der Waals surface area contributed by atoms with Gasteiger partial charge in [-0.15, -0.1) is 0 Å². The number of hydrogen-bond acceptors (Lipinski definition) is 11. The molecule has 2 aromatic carbocycles. The molecule has 0 aliphatic heterocycles. The maximum atomic E-state index is 13.4. The van der Waals surface area contributed by atoms with Crippen molar-refractivity contribution in [3.05, 3.63) is 56.7 Å². The molecule has 36 heavy (non-hydrogen) atoms. The summed E-state index contributed by atoms with van der Waals surface area (Å²) in [7, 11) is 0. The summed E-state index contributed by atoms with van der Waals surface area (Å²) in [6, 6.07) is 1.68. The fraction of sp³-hybridized carbons (Fsp3) is 0.130. The van der Waals surface area contributed by atoms with E-state index in [2.05, 4.69) is 4.98 Å². The van der Waals surface area contributed by atoms with E-state index in [1.165, 1.54) is 0 Å². The molecule has 2 aromatic heterocycles. The van der Waals surface area contributed by atoms with Crippen molar-refractivity contribution in [2.45, 2.75) is 12.5 Å². The van der Waals surface area contributed by atoms with E-state index < -0.39 is 69.4 Å². The molecule has 13 nitrogen and oxygen atoms in total. The van der Waals surface area contributed by atoms with Crippen LogP contribution in [0.25, 0.3) is 33.0 Å². The molecule has 1 atom stereocenters. The number of nitrogens with one attached hydrogen (secondary N) is 1. The van der Waals surface area contributed by atoms with Crippen LogP contribution in [0.4, 0.5) is 0 Å². The zero-order valence-corrected chi connectivity index (χ0v) is 18.1. The third-order valence-electron chi connectivity index (χ3n) is 5.47. The highest BCUT2D eigenvalue weighted by molar-refractivity contribution is 6.07. The van der Waals surface area contributed by atoms with Crippen molar-refractivity contribution in [3.63, 3.8) is 0 Å². The molecule has 0 unspecified atom stereocenters. The summed E-state index contributed by atoms with van der Waals surface area (Å²) >= 11 is 0. The number of fused-ring (bicyclic) bond motifs is 2. The van der Waals surface area contributed by atoms with Gasteiger partial charge < -0.3 is 45.4 Å². The predicted molar refractivity (Wildman–Crippen MR) is 123 cm³/mol. The number of aromatic nitrogens is 1. The number of H-pyrrole nitrogens is 1. The van der Waals surface area contributed by atoms with E-state index in [1.807, 2.05) is 0 Å². The van der Waals surface area contributed by atoms with Gasteiger partial charge in [-0.25, -0.2) is 4.79 Å². The highest BCUT2D eigenvalue weighted by Crippen LogP contribution is 2.36. The molecule has 2 heterocycles. The number of nitrogens with two attached hydrogens (primary N) is 1. The number of esters is 1. The Bertz CT molecular complexity index is 1670. The molecule has 4 rings (SSSR count). The number of phenols is 4. The number of phenolic OH excluding ortho intramolecular Hbond substituents is 4. The van der Waals surface area contributed by atoms with Crippen LogP contribution in [-0.4, -0.2) is 55.1 Å². The van der Waals surface area contributed by atoms with Crippen molar-refractivity contribution in [2.24, 2.45) is 5.73 Å². The first-order valence-corrected chi connectivity index (χ1v) is 10.2. The Morgan fingerprint density at radius 1 is 1.00 bits per heavy atom. The fourth-order valence-electron chi connectivity index (χ4n) is 3.57. The standard InChI is InChI=1S/C23H18N2O11/c24-11(22(32)33)1-2-35-23(34)18-17-16(5-15(28)21(18)31)36-7-10(20(17)30)9-6-25-12-4-14(27)13(26)3-8(12)19(9)29/h3-7,11,26-28,31H,1-2,24H2,(H,25,29)(H,32,33)/t11-/m0/s1. The van der Waals surface area contributed by atoms with Gasteiger partial charge >= 0.3 is 11.9 Å². The number of carbonyl (C=O) groups is 2. The van der Waals surface area contributed by atoms with Crippen molar-refractivity contribution in [1.82, 2.24) is 4.98 Å². The van der Waals surface area contributed by atoms with E-state index in [-0.39, 0.29) is 34.0 Å². The topological polar surface area (TPSA) is 234 Å². The molecule has 8 N–H and O–H groups in total. The first-order chi connectivity index (χ1) is 17.0. The summed E-state index contributed by atoms with van der Waals surface area (Å²) in [5.74, 6) is -5.43. The van der Waals surface area contributed by atoms with Crippen LogP contribution in [0.3, 0.4) is 0 Å². The van der Waals surface area contributed by atoms with Crippen molar-refractivity contribution in [3.8, 4) is 34.1 Å². The predicted octanol–water partition coefficient (Wildman–Crippen LogP) is 1.08. The summed E-state index contributed by atoms with van der Waals surface area (Å²) in [6.07, 6.45) is 1.80. The zero-order valence-electron chi connectivity index (χ0n) is 18.1. The Labute approximate surface area is 199 Å². The third kappa shape index (κ3) is 4.03. The number of benzene rings is 2. The maximum absolute atomic E-state index is 13.4. The van der Waals surface area contributed by atoms with Gasteiger partial charge in [0, 0.05) is 24.8 Å². The van der Waals surface area contributed by atoms with Gasteiger partial charge in [0.25, 0.3) is 0 Å². The normalized spacial score (nSPS) is 12.0. The SMILES string of the molecule is N[C@@H](CCOC(=O)c1c(O)c(O)cc2occ(-c3c[nH]c4cc(O)c(O)cc4c3=O)c(=O)c12)C(=O)O. The minimum absolute atomic E-state index is 0.0646. The Balaban J connectivity index is 1.87. The molecule has 0 bridgehead atoms. The van der Waals surface area contributed by atoms with Crippen molar-refractivity contribution < 1.29 is 44.3 Å². The smallest absolute Gasteiger partial charge is 0.342 e. The summed E-state index contributed by atoms with van der Waals surface area (Å²) in [5.41, 5.74) is 2.24. The number of carboxylic acids is 1. The molecule has 186 valence electrons. The number of ether oxygens (including phenoxy) is 1. The lowest BCUT2D eigenvalue weighted by Crippen LogP contribution is -2.31. The summed E-state index contributed by atoms with van der Waals surface area (Å²) in [5, 5.41) is 48.0. The summed E-state index contributed by atoms with van der Waals surface area (Å²) in [6.45, 7) is -0.478. The average Bonchev–Trinajstić information content (AvgIpc) is 2.82. The molecule has 4 aromatic rings. The van der Waals surface area contributed by atoms with Crippen molar-refractivity contribution >= 4 is 33.8 Å². The van der Waals surface area contributed by atoms with Crippen LogP contribution < -0.4 is 16.6 Å². The fourth-order valence-corrected chi connectivity index (χ4v) is 3.57. The van der Waals surface area contributed by atoms with Crippen LogP contribution in [0.5, 0.6) is 23.0 Å². The first kappa shape index (κ1) is 24.1. The van der Waals surface area contributed by atoms with Crippen molar-refractivity contribution in [2.75, 3.05) is 6.61 Å². The van der Waals surface area contributed by atoms with Gasteiger partial charge in [-0.3, -0.25) is 14.4 Å². The molecular formula is C23H18N2O11. The quantitative estimate of drug-likeness (QED) is 0.146. The molecule has 0 spiro atoms. The van der Waals surface area contributed by atoms with E-state index >= 15 is 0 Å². The lowest BCUT2D eigenvalue weighted by atomic mass is 10.0. The van der Waals surface area contributed by atoms with E-state index in [0.717, 1.165) is 30.7 Å². The number of aromatic hydroxyl groups is 4.